The van der Waals surface area contributed by atoms with Crippen LogP contribution in [0.25, 0.3) is 11.1 Å². The van der Waals surface area contributed by atoms with Gasteiger partial charge in [-0.15, -0.1) is 0 Å². The second-order valence-corrected chi connectivity index (χ2v) is 9.89. The van der Waals surface area contributed by atoms with Crippen molar-refractivity contribution in [3.8, 4) is 11.1 Å². The predicted molar refractivity (Wildman–Crippen MR) is 130 cm³/mol. The number of piperidine rings is 1. The first kappa shape index (κ1) is 21.8. The maximum absolute atomic E-state index is 13.3. The molecule has 8 nitrogen and oxygen atoms in total. The zero-order valence-electron chi connectivity index (χ0n) is 19.7. The van der Waals surface area contributed by atoms with Crippen LogP contribution in [-0.4, -0.2) is 52.5 Å². The van der Waals surface area contributed by atoms with E-state index in [4.69, 9.17) is 9.57 Å². The number of benzene rings is 3. The third-order valence-electron chi connectivity index (χ3n) is 7.86. The quantitative estimate of drug-likeness (QED) is 0.506. The van der Waals surface area contributed by atoms with E-state index in [0.29, 0.717) is 11.5 Å². The van der Waals surface area contributed by atoms with E-state index in [-0.39, 0.29) is 35.6 Å². The summed E-state index contributed by atoms with van der Waals surface area (Å²) in [5, 5.41) is 0.493. The molecule has 1 saturated carbocycles. The Morgan fingerprint density at radius 1 is 0.757 bits per heavy atom. The van der Waals surface area contributed by atoms with Gasteiger partial charge >= 0.3 is 12.1 Å². The van der Waals surface area contributed by atoms with Crippen molar-refractivity contribution in [2.45, 2.75) is 30.8 Å². The number of rotatable bonds is 4. The Balaban J connectivity index is 1.07. The fourth-order valence-electron chi connectivity index (χ4n) is 6.00. The number of hydrogen-bond acceptors (Lipinski definition) is 6. The highest BCUT2D eigenvalue weighted by atomic mass is 16.7. The van der Waals surface area contributed by atoms with Gasteiger partial charge in [-0.3, -0.25) is 14.5 Å². The van der Waals surface area contributed by atoms with E-state index < -0.39 is 29.9 Å². The van der Waals surface area contributed by atoms with E-state index in [9.17, 15) is 19.2 Å². The van der Waals surface area contributed by atoms with E-state index >= 15 is 0 Å². The minimum absolute atomic E-state index is 0.0994. The number of nitrogens with zero attached hydrogens (tertiary/aromatic N) is 2. The van der Waals surface area contributed by atoms with E-state index in [2.05, 4.69) is 12.1 Å². The first-order valence-corrected chi connectivity index (χ1v) is 12.4. The lowest BCUT2D eigenvalue weighted by molar-refractivity contribution is -0.174. The average Bonchev–Trinajstić information content (AvgIpc) is 3.38. The van der Waals surface area contributed by atoms with Gasteiger partial charge in [0, 0.05) is 12.0 Å². The first-order valence-electron chi connectivity index (χ1n) is 12.4. The molecule has 0 aromatic heterocycles. The van der Waals surface area contributed by atoms with Crippen LogP contribution in [0, 0.1) is 5.92 Å². The molecule has 0 radical (unpaired) electrons. The minimum atomic E-state index is -0.913. The number of imide groups is 1. The molecule has 2 aliphatic carbocycles. The number of carbonyl (C=O) groups is 4. The van der Waals surface area contributed by atoms with Crippen molar-refractivity contribution in [2.75, 3.05) is 6.61 Å². The van der Waals surface area contributed by atoms with Crippen LogP contribution in [0.5, 0.6) is 0 Å². The van der Waals surface area contributed by atoms with Crippen molar-refractivity contribution >= 4 is 23.9 Å². The van der Waals surface area contributed by atoms with Crippen molar-refractivity contribution < 1.29 is 28.8 Å². The van der Waals surface area contributed by atoms with Gasteiger partial charge < -0.3 is 9.57 Å². The van der Waals surface area contributed by atoms with Crippen LogP contribution in [-0.2, 0) is 14.4 Å². The summed E-state index contributed by atoms with van der Waals surface area (Å²) < 4.78 is 5.80. The number of amides is 3. The summed E-state index contributed by atoms with van der Waals surface area (Å²) in [5.74, 6) is -2.11. The lowest BCUT2D eigenvalue weighted by Gasteiger charge is -2.27. The number of fused-ring (bicyclic) bond motifs is 5. The molecule has 3 aromatic rings. The molecule has 7 rings (SSSR count). The largest absolute Gasteiger partial charge is 0.448 e. The van der Waals surface area contributed by atoms with Gasteiger partial charge in [0.2, 0.25) is 0 Å². The second-order valence-electron chi connectivity index (χ2n) is 9.89. The van der Waals surface area contributed by atoms with Crippen molar-refractivity contribution in [1.29, 1.82) is 0 Å². The Hall–Kier alpha value is -4.46. The Morgan fingerprint density at radius 2 is 1.30 bits per heavy atom. The normalized spacial score (nSPS) is 22.9. The van der Waals surface area contributed by atoms with E-state index in [1.807, 2.05) is 36.4 Å². The van der Waals surface area contributed by atoms with Crippen LogP contribution in [0.2, 0.25) is 0 Å². The molecule has 0 bridgehead atoms. The Labute approximate surface area is 212 Å². The molecule has 0 spiro atoms. The molecule has 37 heavy (non-hydrogen) atoms. The zero-order valence-corrected chi connectivity index (χ0v) is 19.7. The summed E-state index contributed by atoms with van der Waals surface area (Å²) in [5.41, 5.74) is 4.83. The number of hydrogen-bond donors (Lipinski definition) is 0. The maximum Gasteiger partial charge on any atom is 0.410 e. The molecular weight excluding hydrogens is 472 g/mol. The maximum atomic E-state index is 13.3. The zero-order chi connectivity index (χ0) is 25.3. The SMILES string of the molecule is O=C(ON1C(=O)c2ccccc2C1=O)[C@@H]1C[C@H]2C[C@H]2N1C(=O)OCC1c2ccccc2-c2ccccc21. The van der Waals surface area contributed by atoms with Gasteiger partial charge in [-0.25, -0.2) is 9.59 Å². The lowest BCUT2D eigenvalue weighted by atomic mass is 9.98. The molecular formula is C29H22N2O6. The van der Waals surface area contributed by atoms with E-state index in [0.717, 1.165) is 28.7 Å². The summed E-state index contributed by atoms with van der Waals surface area (Å²) in [6.07, 6.45) is 0.619. The summed E-state index contributed by atoms with van der Waals surface area (Å²) in [6, 6.07) is 21.4. The van der Waals surface area contributed by atoms with Gasteiger partial charge in [0.1, 0.15) is 12.6 Å². The Bertz CT molecular complexity index is 1420. The molecule has 2 heterocycles. The topological polar surface area (TPSA) is 93.2 Å². The van der Waals surface area contributed by atoms with Gasteiger partial charge in [-0.05, 0) is 53.1 Å². The van der Waals surface area contributed by atoms with Gasteiger partial charge in [0.25, 0.3) is 11.8 Å². The molecule has 2 aliphatic heterocycles. The number of likely N-dealkylation sites (tertiary alicyclic amines) is 1. The Kier molecular flexibility index (Phi) is 4.73. The molecule has 0 N–H and O–H groups in total. The van der Waals surface area contributed by atoms with Gasteiger partial charge in [-0.1, -0.05) is 65.7 Å². The third kappa shape index (κ3) is 3.28. The van der Waals surface area contributed by atoms with Gasteiger partial charge in [0.05, 0.1) is 11.1 Å². The van der Waals surface area contributed by atoms with Gasteiger partial charge in [0.15, 0.2) is 0 Å². The smallest absolute Gasteiger partial charge is 0.410 e. The number of hydroxylamine groups is 2. The number of ether oxygens (including phenoxy) is 1. The van der Waals surface area contributed by atoms with Crippen molar-refractivity contribution in [3.63, 3.8) is 0 Å². The highest BCUT2D eigenvalue weighted by molar-refractivity contribution is 6.21. The lowest BCUT2D eigenvalue weighted by Crippen LogP contribution is -2.47. The van der Waals surface area contributed by atoms with Crippen LogP contribution >= 0.6 is 0 Å². The molecule has 8 heteroatoms. The highest BCUT2D eigenvalue weighted by Crippen LogP contribution is 2.49. The second kappa shape index (κ2) is 8.03. The fraction of sp³-hybridized carbons (Fsp3) is 0.241. The Morgan fingerprint density at radius 3 is 1.89 bits per heavy atom. The van der Waals surface area contributed by atoms with E-state index in [1.165, 1.54) is 17.0 Å². The van der Waals surface area contributed by atoms with Crippen LogP contribution < -0.4 is 0 Å². The number of carbonyl (C=O) groups excluding carboxylic acids is 4. The van der Waals surface area contributed by atoms with Crippen molar-refractivity contribution in [2.24, 2.45) is 5.92 Å². The van der Waals surface area contributed by atoms with Crippen molar-refractivity contribution in [3.05, 3.63) is 95.1 Å². The summed E-state index contributed by atoms with van der Waals surface area (Å²) in [7, 11) is 0. The standard InChI is InChI=1S/C29H22N2O6/c32-26-21-11-5-6-12-22(21)27(33)31(26)37-28(34)25-14-16-13-24(16)30(25)29(35)36-15-23-19-9-3-1-7-17(19)18-8-2-4-10-20(18)23/h1-12,16,23-25H,13-15H2/t16-,24-,25+/m1/s1. The first-order chi connectivity index (χ1) is 18.0. The highest BCUT2D eigenvalue weighted by Gasteiger charge is 2.58. The van der Waals surface area contributed by atoms with Gasteiger partial charge in [-0.2, -0.15) is 0 Å². The molecule has 4 aliphatic rings. The van der Waals surface area contributed by atoms with E-state index in [1.54, 1.807) is 12.1 Å². The molecule has 3 amide bonds. The fourth-order valence-corrected chi connectivity index (χ4v) is 6.00. The molecule has 0 unspecified atom stereocenters. The molecule has 1 saturated heterocycles. The monoisotopic (exact) mass is 494 g/mol. The van der Waals surface area contributed by atoms with Crippen LogP contribution in [0.15, 0.2) is 72.8 Å². The third-order valence-corrected chi connectivity index (χ3v) is 7.86. The summed E-state index contributed by atoms with van der Waals surface area (Å²) in [6.45, 7) is 0.140. The molecule has 3 aromatic carbocycles. The average molecular weight is 495 g/mol. The van der Waals surface area contributed by atoms with Crippen LogP contribution in [0.1, 0.15) is 50.6 Å². The predicted octanol–water partition coefficient (Wildman–Crippen LogP) is 4.15. The summed E-state index contributed by atoms with van der Waals surface area (Å²) in [4.78, 5) is 58.3. The molecule has 3 atom stereocenters. The van der Waals surface area contributed by atoms with Crippen LogP contribution in [0.3, 0.4) is 0 Å². The van der Waals surface area contributed by atoms with Crippen molar-refractivity contribution in [1.82, 2.24) is 9.96 Å². The molecule has 184 valence electrons. The van der Waals surface area contributed by atoms with Crippen LogP contribution in [0.4, 0.5) is 4.79 Å². The summed E-state index contributed by atoms with van der Waals surface area (Å²) >= 11 is 0. The minimum Gasteiger partial charge on any atom is -0.448 e. The molecule has 2 fully saturated rings.